The molecule has 0 aliphatic carbocycles. The van der Waals surface area contributed by atoms with Gasteiger partial charge in [0.05, 0.1) is 24.6 Å². The predicted molar refractivity (Wildman–Crippen MR) is 115 cm³/mol. The minimum Gasteiger partial charge on any atom is -0.384 e. The average molecular weight is 395 g/mol. The monoisotopic (exact) mass is 394 g/mol. The van der Waals surface area contributed by atoms with Crippen LogP contribution in [-0.2, 0) is 20.7 Å². The summed E-state index contributed by atoms with van der Waals surface area (Å²) in [4.78, 5) is 27.6. The second-order valence-corrected chi connectivity index (χ2v) is 7.53. The Labute approximate surface area is 173 Å². The Morgan fingerprint density at radius 3 is 2.45 bits per heavy atom. The summed E-state index contributed by atoms with van der Waals surface area (Å²) in [5, 5.41) is 3.40. The molecule has 2 unspecified atom stereocenters. The maximum Gasteiger partial charge on any atom is 0.238 e. The average Bonchev–Trinajstić information content (AvgIpc) is 2.78. The van der Waals surface area contributed by atoms with Crippen molar-refractivity contribution in [1.82, 2.24) is 5.32 Å². The topological polar surface area (TPSA) is 58.6 Å². The van der Waals surface area contributed by atoms with Gasteiger partial charge in [-0.3, -0.25) is 14.5 Å². The summed E-state index contributed by atoms with van der Waals surface area (Å²) in [6, 6.07) is 17.8. The molecule has 1 aliphatic rings. The highest BCUT2D eigenvalue weighted by Crippen LogP contribution is 2.29. The molecule has 2 aromatic rings. The van der Waals surface area contributed by atoms with Gasteiger partial charge in [-0.15, -0.1) is 0 Å². The number of ether oxygens (including phenoxy) is 1. The molecule has 1 N–H and O–H groups in total. The maximum atomic E-state index is 13.4. The number of para-hydroxylation sites is 1. The van der Waals surface area contributed by atoms with Crippen molar-refractivity contribution >= 4 is 17.5 Å². The summed E-state index contributed by atoms with van der Waals surface area (Å²) in [6.45, 7) is 3.87. The second-order valence-electron chi connectivity index (χ2n) is 7.53. The molecule has 5 heteroatoms. The third kappa shape index (κ3) is 5.31. The first-order chi connectivity index (χ1) is 14.1. The highest BCUT2D eigenvalue weighted by molar-refractivity contribution is 6.15. The number of piperidine rings is 1. The number of carbonyl (C=O) groups excluding carboxylic acids is 2. The first-order valence-corrected chi connectivity index (χ1v) is 10.3. The molecule has 2 amide bonds. The van der Waals surface area contributed by atoms with Crippen LogP contribution in [0.5, 0.6) is 0 Å². The Balaban J connectivity index is 1.78. The van der Waals surface area contributed by atoms with Gasteiger partial charge >= 0.3 is 0 Å². The smallest absolute Gasteiger partial charge is 0.238 e. The van der Waals surface area contributed by atoms with Crippen LogP contribution in [0.4, 0.5) is 5.69 Å². The zero-order valence-corrected chi connectivity index (χ0v) is 17.3. The van der Waals surface area contributed by atoms with Gasteiger partial charge in [-0.2, -0.15) is 0 Å². The molecule has 0 saturated carbocycles. The van der Waals surface area contributed by atoms with Gasteiger partial charge in [-0.1, -0.05) is 49.4 Å². The number of carbonyl (C=O) groups is 2. The van der Waals surface area contributed by atoms with Crippen molar-refractivity contribution in [1.29, 1.82) is 0 Å². The summed E-state index contributed by atoms with van der Waals surface area (Å²) in [5.41, 5.74) is 3.17. The number of imide groups is 1. The highest BCUT2D eigenvalue weighted by atomic mass is 16.5. The van der Waals surface area contributed by atoms with E-state index in [1.54, 1.807) is 19.2 Å². The van der Waals surface area contributed by atoms with E-state index in [0.29, 0.717) is 18.8 Å². The van der Waals surface area contributed by atoms with E-state index in [1.807, 2.05) is 18.2 Å². The van der Waals surface area contributed by atoms with Crippen LogP contribution in [0.2, 0.25) is 0 Å². The van der Waals surface area contributed by atoms with E-state index in [2.05, 4.69) is 36.5 Å². The molecule has 0 radical (unpaired) electrons. The molecule has 3 rings (SSSR count). The number of aryl methyl sites for hydroxylation is 1. The summed E-state index contributed by atoms with van der Waals surface area (Å²) < 4.78 is 5.05. The highest BCUT2D eigenvalue weighted by Gasteiger charge is 2.34. The van der Waals surface area contributed by atoms with Crippen LogP contribution in [0.1, 0.15) is 36.8 Å². The van der Waals surface area contributed by atoms with Gasteiger partial charge in [0.1, 0.15) is 0 Å². The van der Waals surface area contributed by atoms with Crippen LogP contribution in [0.25, 0.3) is 0 Å². The summed E-state index contributed by atoms with van der Waals surface area (Å²) in [6.07, 6.45) is 1.93. The normalized spacial score (nSPS) is 19.0. The molecule has 2 atom stereocenters. The predicted octanol–water partition coefficient (Wildman–Crippen LogP) is 3.54. The van der Waals surface area contributed by atoms with Gasteiger partial charge < -0.3 is 10.1 Å². The van der Waals surface area contributed by atoms with Crippen molar-refractivity contribution < 1.29 is 14.3 Å². The number of benzene rings is 2. The standard InChI is InChI=1S/C24H30N2O3/c1-3-18-9-11-19(12-10-18)20-15-21(17-25-16-20)24(28)26(23(27)13-14-29-2)22-7-5-4-6-8-22/h4-12,20-21,25H,3,13-17H2,1-2H3. The Morgan fingerprint density at radius 2 is 1.79 bits per heavy atom. The number of nitrogens with zero attached hydrogens (tertiary/aromatic N) is 1. The van der Waals surface area contributed by atoms with Crippen LogP contribution < -0.4 is 10.2 Å². The van der Waals surface area contributed by atoms with Gasteiger partial charge in [0.15, 0.2) is 0 Å². The quantitative estimate of drug-likeness (QED) is 0.780. The van der Waals surface area contributed by atoms with Crippen molar-refractivity contribution in [3.8, 4) is 0 Å². The molecule has 1 heterocycles. The van der Waals surface area contributed by atoms with Gasteiger partial charge in [0.2, 0.25) is 11.8 Å². The molecule has 1 saturated heterocycles. The number of hydrogen-bond acceptors (Lipinski definition) is 4. The lowest BCUT2D eigenvalue weighted by atomic mass is 9.84. The van der Waals surface area contributed by atoms with Gasteiger partial charge in [0, 0.05) is 20.2 Å². The summed E-state index contributed by atoms with van der Waals surface area (Å²) >= 11 is 0. The number of hydrogen-bond donors (Lipinski definition) is 1. The first kappa shape index (κ1) is 21.2. The number of anilines is 1. The maximum absolute atomic E-state index is 13.4. The molecule has 1 fully saturated rings. The van der Waals surface area contributed by atoms with Crippen molar-refractivity contribution in [2.45, 2.75) is 32.1 Å². The fraction of sp³-hybridized carbons (Fsp3) is 0.417. The van der Waals surface area contributed by atoms with Crippen LogP contribution in [0, 0.1) is 5.92 Å². The van der Waals surface area contributed by atoms with E-state index in [1.165, 1.54) is 16.0 Å². The molecular weight excluding hydrogens is 364 g/mol. The molecule has 5 nitrogen and oxygen atoms in total. The molecular formula is C24H30N2O3. The van der Waals surface area contributed by atoms with E-state index in [-0.39, 0.29) is 30.1 Å². The molecule has 0 aromatic heterocycles. The number of rotatable bonds is 7. The van der Waals surface area contributed by atoms with Crippen LogP contribution in [0.15, 0.2) is 54.6 Å². The second kappa shape index (κ2) is 10.3. The van der Waals surface area contributed by atoms with E-state index in [0.717, 1.165) is 19.4 Å². The zero-order chi connectivity index (χ0) is 20.6. The van der Waals surface area contributed by atoms with Gasteiger partial charge in [-0.25, -0.2) is 0 Å². The lowest BCUT2D eigenvalue weighted by Gasteiger charge is -2.33. The molecule has 1 aliphatic heterocycles. The van der Waals surface area contributed by atoms with E-state index < -0.39 is 0 Å². The first-order valence-electron chi connectivity index (χ1n) is 10.3. The van der Waals surface area contributed by atoms with Gasteiger partial charge in [-0.05, 0) is 42.0 Å². The van der Waals surface area contributed by atoms with E-state index >= 15 is 0 Å². The van der Waals surface area contributed by atoms with Crippen LogP contribution in [-0.4, -0.2) is 38.6 Å². The third-order valence-corrected chi connectivity index (χ3v) is 5.56. The van der Waals surface area contributed by atoms with Crippen LogP contribution >= 0.6 is 0 Å². The Bertz CT molecular complexity index is 805. The fourth-order valence-electron chi connectivity index (χ4n) is 3.86. The zero-order valence-electron chi connectivity index (χ0n) is 17.3. The SMILES string of the molecule is CCc1ccc(C2CNCC(C(=O)N(C(=O)CCOC)c3ccccc3)C2)cc1. The molecule has 2 aromatic carbocycles. The largest absolute Gasteiger partial charge is 0.384 e. The van der Waals surface area contributed by atoms with Crippen molar-refractivity contribution in [3.63, 3.8) is 0 Å². The number of nitrogens with one attached hydrogen (secondary N) is 1. The van der Waals surface area contributed by atoms with Crippen molar-refractivity contribution in [2.24, 2.45) is 5.92 Å². The summed E-state index contributed by atoms with van der Waals surface area (Å²) in [5.74, 6) is -0.348. The van der Waals surface area contributed by atoms with E-state index in [9.17, 15) is 9.59 Å². The fourth-order valence-corrected chi connectivity index (χ4v) is 3.86. The lowest BCUT2D eigenvalue weighted by molar-refractivity contribution is -0.129. The van der Waals surface area contributed by atoms with Crippen LogP contribution in [0.3, 0.4) is 0 Å². The van der Waals surface area contributed by atoms with Gasteiger partial charge in [0.25, 0.3) is 0 Å². The molecule has 0 spiro atoms. The van der Waals surface area contributed by atoms with E-state index in [4.69, 9.17) is 4.74 Å². The number of amides is 2. The number of methoxy groups -OCH3 is 1. The molecule has 154 valence electrons. The Morgan fingerprint density at radius 1 is 1.07 bits per heavy atom. The van der Waals surface area contributed by atoms with Crippen molar-refractivity contribution in [3.05, 3.63) is 65.7 Å². The molecule has 29 heavy (non-hydrogen) atoms. The Kier molecular flexibility index (Phi) is 7.55. The Hall–Kier alpha value is -2.50. The third-order valence-electron chi connectivity index (χ3n) is 5.56. The molecule has 0 bridgehead atoms. The minimum absolute atomic E-state index is 0.139. The minimum atomic E-state index is -0.244. The van der Waals surface area contributed by atoms with Crippen molar-refractivity contribution in [2.75, 3.05) is 31.7 Å². The lowest BCUT2D eigenvalue weighted by Crippen LogP contribution is -2.47. The summed E-state index contributed by atoms with van der Waals surface area (Å²) in [7, 11) is 1.56.